The van der Waals surface area contributed by atoms with Crippen LogP contribution in [-0.4, -0.2) is 74.6 Å². The van der Waals surface area contributed by atoms with Gasteiger partial charge in [-0.1, -0.05) is 18.2 Å². The summed E-state index contributed by atoms with van der Waals surface area (Å²) in [7, 11) is 4.18. The molecule has 1 saturated heterocycles. The lowest BCUT2D eigenvalue weighted by Crippen LogP contribution is -2.52. The molecule has 1 saturated carbocycles. The zero-order valence-electron chi connectivity index (χ0n) is 24.3. The summed E-state index contributed by atoms with van der Waals surface area (Å²) in [4.78, 5) is 18.7. The minimum absolute atomic E-state index is 0.297. The molecule has 1 aliphatic carbocycles. The van der Waals surface area contributed by atoms with E-state index in [0.29, 0.717) is 30.1 Å². The molecule has 0 amide bonds. The molecule has 11 heteroatoms. The van der Waals surface area contributed by atoms with Gasteiger partial charge in [0.15, 0.2) is 5.82 Å². The van der Waals surface area contributed by atoms with E-state index in [1.165, 1.54) is 6.33 Å². The van der Waals surface area contributed by atoms with Crippen LogP contribution in [0.1, 0.15) is 48.7 Å². The number of nitrogen functional groups attached to an aromatic ring is 1. The standard InChI is InChI=1S/C31H39FN10/c1-39-13-15-41(16-14-39)21-8-10-22(11-9-21)42-31-28(30(33)35-19-36-31)29(38-42)20-7-12-24(23(32)17-20)34-18-27-37-25-5-3-4-6-26(25)40(27)2/h3-7,12,17,19,21-22,29,34,38H,8-11,13-16,18H2,1-2H3,(H2,33,35,36). The van der Waals surface area contributed by atoms with Crippen LogP contribution in [0.3, 0.4) is 0 Å². The average Bonchev–Trinajstić information content (AvgIpc) is 3.56. The molecule has 4 N–H and O–H groups in total. The number of anilines is 3. The first-order chi connectivity index (χ1) is 20.5. The van der Waals surface area contributed by atoms with Crippen LogP contribution in [0, 0.1) is 5.82 Å². The Morgan fingerprint density at radius 3 is 2.50 bits per heavy atom. The molecule has 2 aromatic carbocycles. The third kappa shape index (κ3) is 4.95. The Morgan fingerprint density at radius 2 is 1.74 bits per heavy atom. The summed E-state index contributed by atoms with van der Waals surface area (Å²) in [6.07, 6.45) is 5.98. The maximum absolute atomic E-state index is 15.5. The normalized spacial score (nSPS) is 23.4. The van der Waals surface area contributed by atoms with Gasteiger partial charge < -0.3 is 20.5 Å². The maximum atomic E-state index is 15.5. The molecule has 1 unspecified atom stereocenters. The molecule has 10 nitrogen and oxygen atoms in total. The Hall–Kier alpha value is -3.80. The van der Waals surface area contributed by atoms with Crippen molar-refractivity contribution in [2.75, 3.05) is 49.3 Å². The van der Waals surface area contributed by atoms with E-state index in [0.717, 1.165) is 85.7 Å². The lowest BCUT2D eigenvalue weighted by molar-refractivity contribution is 0.0868. The van der Waals surface area contributed by atoms with E-state index in [1.807, 2.05) is 41.9 Å². The smallest absolute Gasteiger partial charge is 0.153 e. The molecule has 0 radical (unpaired) electrons. The van der Waals surface area contributed by atoms with Gasteiger partial charge in [0.05, 0.1) is 34.9 Å². The van der Waals surface area contributed by atoms with E-state index >= 15 is 4.39 Å². The lowest BCUT2D eigenvalue weighted by Gasteiger charge is -2.42. The van der Waals surface area contributed by atoms with Crippen molar-refractivity contribution in [1.29, 1.82) is 0 Å². The van der Waals surface area contributed by atoms with Gasteiger partial charge in [0.2, 0.25) is 0 Å². The number of piperazine rings is 1. The second-order valence-electron chi connectivity index (χ2n) is 11.9. The number of nitrogens with one attached hydrogen (secondary N) is 2. The average molecular weight is 571 g/mol. The summed E-state index contributed by atoms with van der Waals surface area (Å²) in [5, 5.41) is 5.40. The molecular weight excluding hydrogens is 531 g/mol. The van der Waals surface area contributed by atoms with Crippen molar-refractivity contribution in [2.24, 2.45) is 7.05 Å². The number of halogens is 1. The molecule has 0 spiro atoms. The summed E-state index contributed by atoms with van der Waals surface area (Å²) in [6, 6.07) is 13.9. The zero-order valence-corrected chi connectivity index (χ0v) is 24.3. The molecule has 2 aliphatic heterocycles. The van der Waals surface area contributed by atoms with E-state index in [-0.39, 0.29) is 11.9 Å². The van der Waals surface area contributed by atoms with Crippen molar-refractivity contribution in [3.8, 4) is 0 Å². The number of likely N-dealkylation sites (N-methyl/N-ethyl adjacent to an activating group) is 1. The van der Waals surface area contributed by atoms with Crippen LogP contribution in [0.4, 0.5) is 21.7 Å². The second-order valence-corrected chi connectivity index (χ2v) is 11.9. The number of rotatable bonds is 6. The number of aromatic nitrogens is 4. The quantitative estimate of drug-likeness (QED) is 0.320. The molecule has 1 atom stereocenters. The van der Waals surface area contributed by atoms with E-state index in [1.54, 1.807) is 12.1 Å². The summed E-state index contributed by atoms with van der Waals surface area (Å²) >= 11 is 0. The predicted octanol–water partition coefficient (Wildman–Crippen LogP) is 3.67. The van der Waals surface area contributed by atoms with Crippen LogP contribution in [0.25, 0.3) is 11.0 Å². The zero-order chi connectivity index (χ0) is 28.8. The fourth-order valence-corrected chi connectivity index (χ4v) is 6.90. The Bertz CT molecular complexity index is 1570. The number of nitrogens with two attached hydrogens (primary N) is 1. The highest BCUT2D eigenvalue weighted by molar-refractivity contribution is 5.75. The Kier molecular flexibility index (Phi) is 7.17. The summed E-state index contributed by atoms with van der Waals surface area (Å²) in [6.45, 7) is 5.00. The van der Waals surface area contributed by atoms with Gasteiger partial charge in [0.1, 0.15) is 23.8 Å². The van der Waals surface area contributed by atoms with Gasteiger partial charge in [-0.2, -0.15) is 0 Å². The van der Waals surface area contributed by atoms with Gasteiger partial charge in [-0.3, -0.25) is 9.91 Å². The van der Waals surface area contributed by atoms with Crippen molar-refractivity contribution < 1.29 is 4.39 Å². The van der Waals surface area contributed by atoms with Crippen molar-refractivity contribution >= 4 is 28.4 Å². The Labute approximate surface area is 245 Å². The number of benzene rings is 2. The highest BCUT2D eigenvalue weighted by Crippen LogP contribution is 2.41. The van der Waals surface area contributed by atoms with E-state index in [9.17, 15) is 0 Å². The Balaban J connectivity index is 1.06. The fraction of sp³-hybridized carbons (Fsp3) is 0.452. The van der Waals surface area contributed by atoms with E-state index in [2.05, 4.69) is 47.6 Å². The van der Waals surface area contributed by atoms with Crippen LogP contribution in [-0.2, 0) is 13.6 Å². The summed E-state index contributed by atoms with van der Waals surface area (Å²) in [5.74, 6) is 1.75. The van der Waals surface area contributed by atoms with E-state index < -0.39 is 0 Å². The highest BCUT2D eigenvalue weighted by Gasteiger charge is 2.39. The summed E-state index contributed by atoms with van der Waals surface area (Å²) in [5.41, 5.74) is 14.1. The molecule has 2 fully saturated rings. The van der Waals surface area contributed by atoms with Crippen molar-refractivity contribution in [3.63, 3.8) is 0 Å². The van der Waals surface area contributed by atoms with Crippen molar-refractivity contribution in [2.45, 2.75) is 50.4 Å². The number of hydrogen-bond acceptors (Lipinski definition) is 9. The topological polar surface area (TPSA) is 103 Å². The predicted molar refractivity (Wildman–Crippen MR) is 163 cm³/mol. The van der Waals surface area contributed by atoms with Gasteiger partial charge in [0.25, 0.3) is 0 Å². The summed E-state index contributed by atoms with van der Waals surface area (Å²) < 4.78 is 17.5. The molecular formula is C31H39FN10. The first-order valence-corrected chi connectivity index (χ1v) is 15.0. The van der Waals surface area contributed by atoms with Crippen LogP contribution in [0.2, 0.25) is 0 Å². The molecule has 3 aliphatic rings. The van der Waals surface area contributed by atoms with Gasteiger partial charge in [-0.05, 0) is 62.6 Å². The van der Waals surface area contributed by atoms with Gasteiger partial charge in [-0.15, -0.1) is 0 Å². The number of aryl methyl sites for hydroxylation is 1. The molecule has 4 aromatic rings. The first kappa shape index (κ1) is 27.1. The highest BCUT2D eigenvalue weighted by atomic mass is 19.1. The number of para-hydroxylation sites is 2. The molecule has 2 aromatic heterocycles. The van der Waals surface area contributed by atoms with Crippen LogP contribution >= 0.6 is 0 Å². The molecule has 7 rings (SSSR count). The minimum Gasteiger partial charge on any atom is -0.383 e. The minimum atomic E-state index is -0.323. The second kappa shape index (κ2) is 11.1. The third-order valence-electron chi connectivity index (χ3n) is 9.41. The van der Waals surface area contributed by atoms with Crippen molar-refractivity contribution in [1.82, 2.24) is 34.7 Å². The Morgan fingerprint density at radius 1 is 0.976 bits per heavy atom. The number of hydrazine groups is 1. The van der Waals surface area contributed by atoms with E-state index in [4.69, 9.17) is 5.73 Å². The SMILES string of the molecule is CN1CCN(C2CCC(N3NC(c4ccc(NCc5nc6ccccc6n5C)c(F)c4)c4c(N)ncnc43)CC2)CC1. The number of hydrogen-bond donors (Lipinski definition) is 3. The third-order valence-corrected chi connectivity index (χ3v) is 9.41. The molecule has 4 heterocycles. The number of fused-ring (bicyclic) bond motifs is 2. The van der Waals surface area contributed by atoms with Crippen LogP contribution < -0.4 is 21.5 Å². The van der Waals surface area contributed by atoms with Gasteiger partial charge >= 0.3 is 0 Å². The lowest BCUT2D eigenvalue weighted by atomic mass is 9.89. The largest absolute Gasteiger partial charge is 0.383 e. The molecule has 220 valence electrons. The fourth-order valence-electron chi connectivity index (χ4n) is 6.90. The van der Waals surface area contributed by atoms with Crippen LogP contribution in [0.15, 0.2) is 48.8 Å². The van der Waals surface area contributed by atoms with Gasteiger partial charge in [-0.25, -0.2) is 24.8 Å². The number of imidazole rings is 1. The van der Waals surface area contributed by atoms with Crippen LogP contribution in [0.5, 0.6) is 0 Å². The maximum Gasteiger partial charge on any atom is 0.153 e. The molecule has 0 bridgehead atoms. The van der Waals surface area contributed by atoms with Crippen molar-refractivity contribution in [3.05, 3.63) is 71.6 Å². The first-order valence-electron chi connectivity index (χ1n) is 15.0. The van der Waals surface area contributed by atoms with Gasteiger partial charge in [0, 0.05) is 45.3 Å². The molecule has 42 heavy (non-hydrogen) atoms. The number of nitrogens with zero attached hydrogens (tertiary/aromatic N) is 7. The monoisotopic (exact) mass is 570 g/mol.